The standard InChI is InChI=1S/C12H20N2O2S/c1-3-10-12(16)14(7-11(15)13-10)8-4-5-9(6-8)17-2/h8-10H,3-7H2,1-2H3,(H,13,15). The molecule has 0 aromatic heterocycles. The molecule has 96 valence electrons. The molecule has 1 saturated carbocycles. The Balaban J connectivity index is 2.04. The lowest BCUT2D eigenvalue weighted by Crippen LogP contribution is -2.60. The lowest BCUT2D eigenvalue weighted by atomic mass is 10.1. The van der Waals surface area contributed by atoms with Crippen molar-refractivity contribution in [2.24, 2.45) is 0 Å². The maximum absolute atomic E-state index is 12.2. The molecule has 2 amide bonds. The maximum Gasteiger partial charge on any atom is 0.245 e. The Labute approximate surface area is 106 Å². The van der Waals surface area contributed by atoms with E-state index in [0.717, 1.165) is 19.3 Å². The molecule has 5 heteroatoms. The molecule has 1 heterocycles. The fourth-order valence-electron chi connectivity index (χ4n) is 2.73. The summed E-state index contributed by atoms with van der Waals surface area (Å²) in [5, 5.41) is 3.41. The van der Waals surface area contributed by atoms with Gasteiger partial charge in [-0.2, -0.15) is 11.8 Å². The summed E-state index contributed by atoms with van der Waals surface area (Å²) in [5.74, 6) is 0.0999. The van der Waals surface area contributed by atoms with Crippen LogP contribution in [-0.4, -0.2) is 46.8 Å². The summed E-state index contributed by atoms with van der Waals surface area (Å²) in [6, 6.07) is -0.0235. The van der Waals surface area contributed by atoms with Gasteiger partial charge in [0.15, 0.2) is 0 Å². The summed E-state index contributed by atoms with van der Waals surface area (Å²) in [5.41, 5.74) is 0. The third-order valence-electron chi connectivity index (χ3n) is 3.77. The Morgan fingerprint density at radius 3 is 2.76 bits per heavy atom. The van der Waals surface area contributed by atoms with Crippen molar-refractivity contribution in [1.29, 1.82) is 0 Å². The first kappa shape index (κ1) is 12.7. The number of carbonyl (C=O) groups is 2. The molecular formula is C12H20N2O2S. The number of piperazine rings is 1. The average Bonchev–Trinajstić information content (AvgIpc) is 2.80. The molecule has 0 aromatic carbocycles. The molecule has 3 atom stereocenters. The first-order valence-corrected chi connectivity index (χ1v) is 7.57. The van der Waals surface area contributed by atoms with Crippen molar-refractivity contribution in [1.82, 2.24) is 10.2 Å². The summed E-state index contributed by atoms with van der Waals surface area (Å²) in [6.07, 6.45) is 6.04. The topological polar surface area (TPSA) is 49.4 Å². The number of amides is 2. The van der Waals surface area contributed by atoms with Gasteiger partial charge < -0.3 is 10.2 Å². The van der Waals surface area contributed by atoms with Crippen LogP contribution in [0.25, 0.3) is 0 Å². The molecule has 2 rings (SSSR count). The Morgan fingerprint density at radius 1 is 1.41 bits per heavy atom. The van der Waals surface area contributed by atoms with Crippen LogP contribution in [0.15, 0.2) is 0 Å². The van der Waals surface area contributed by atoms with Crippen molar-refractivity contribution in [3.63, 3.8) is 0 Å². The second kappa shape index (κ2) is 5.29. The van der Waals surface area contributed by atoms with Crippen molar-refractivity contribution < 1.29 is 9.59 Å². The zero-order chi connectivity index (χ0) is 12.4. The fourth-order valence-corrected chi connectivity index (χ4v) is 3.52. The zero-order valence-corrected chi connectivity index (χ0v) is 11.3. The van der Waals surface area contributed by atoms with Crippen molar-refractivity contribution >= 4 is 23.6 Å². The van der Waals surface area contributed by atoms with Gasteiger partial charge in [-0.05, 0) is 31.9 Å². The highest BCUT2D eigenvalue weighted by Gasteiger charge is 2.38. The number of rotatable bonds is 3. The number of nitrogens with one attached hydrogen (secondary N) is 1. The van der Waals surface area contributed by atoms with E-state index in [1.807, 2.05) is 23.6 Å². The van der Waals surface area contributed by atoms with Crippen LogP contribution in [0.1, 0.15) is 32.6 Å². The maximum atomic E-state index is 12.2. The number of carbonyl (C=O) groups excluding carboxylic acids is 2. The second-order valence-corrected chi connectivity index (χ2v) is 5.96. The van der Waals surface area contributed by atoms with E-state index in [1.165, 1.54) is 0 Å². The number of hydrogen-bond acceptors (Lipinski definition) is 3. The monoisotopic (exact) mass is 256 g/mol. The summed E-state index contributed by atoms with van der Waals surface area (Å²) in [4.78, 5) is 25.6. The molecule has 1 N–H and O–H groups in total. The Kier molecular flexibility index (Phi) is 3.97. The molecule has 0 radical (unpaired) electrons. The molecule has 2 fully saturated rings. The molecule has 1 saturated heterocycles. The largest absolute Gasteiger partial charge is 0.343 e. The molecule has 3 unspecified atom stereocenters. The minimum absolute atomic E-state index is 0.0101. The van der Waals surface area contributed by atoms with E-state index in [2.05, 4.69) is 11.6 Å². The lowest BCUT2D eigenvalue weighted by molar-refractivity contribution is -0.146. The van der Waals surface area contributed by atoms with Crippen LogP contribution < -0.4 is 5.32 Å². The van der Waals surface area contributed by atoms with Gasteiger partial charge in [0.2, 0.25) is 11.8 Å². The molecule has 1 aliphatic heterocycles. The van der Waals surface area contributed by atoms with Gasteiger partial charge in [-0.15, -0.1) is 0 Å². The highest BCUT2D eigenvalue weighted by Crippen LogP contribution is 2.32. The Hall–Kier alpha value is -0.710. The predicted octanol–water partition coefficient (Wildman–Crippen LogP) is 1.01. The van der Waals surface area contributed by atoms with Gasteiger partial charge in [-0.3, -0.25) is 9.59 Å². The van der Waals surface area contributed by atoms with E-state index in [0.29, 0.717) is 11.7 Å². The van der Waals surface area contributed by atoms with Gasteiger partial charge in [0.25, 0.3) is 0 Å². The van der Waals surface area contributed by atoms with E-state index >= 15 is 0 Å². The summed E-state index contributed by atoms with van der Waals surface area (Å²) >= 11 is 1.87. The highest BCUT2D eigenvalue weighted by atomic mass is 32.2. The summed E-state index contributed by atoms with van der Waals surface area (Å²) in [6.45, 7) is 2.19. The normalized spacial score (nSPS) is 34.0. The third-order valence-corrected chi connectivity index (χ3v) is 4.86. The fraction of sp³-hybridized carbons (Fsp3) is 0.833. The molecule has 0 spiro atoms. The smallest absolute Gasteiger partial charge is 0.245 e. The summed E-state index contributed by atoms with van der Waals surface area (Å²) < 4.78 is 0. The minimum Gasteiger partial charge on any atom is -0.343 e. The van der Waals surface area contributed by atoms with E-state index in [-0.39, 0.29) is 30.4 Å². The lowest BCUT2D eigenvalue weighted by Gasteiger charge is -2.36. The van der Waals surface area contributed by atoms with Crippen molar-refractivity contribution in [2.75, 3.05) is 12.8 Å². The van der Waals surface area contributed by atoms with Gasteiger partial charge in [0, 0.05) is 11.3 Å². The Morgan fingerprint density at radius 2 is 2.18 bits per heavy atom. The van der Waals surface area contributed by atoms with Crippen molar-refractivity contribution in [3.05, 3.63) is 0 Å². The average molecular weight is 256 g/mol. The van der Waals surface area contributed by atoms with Crippen LogP contribution in [0.2, 0.25) is 0 Å². The van der Waals surface area contributed by atoms with Gasteiger partial charge in [-0.1, -0.05) is 6.92 Å². The number of thioether (sulfide) groups is 1. The van der Waals surface area contributed by atoms with Gasteiger partial charge in [0.05, 0.1) is 6.54 Å². The van der Waals surface area contributed by atoms with Crippen molar-refractivity contribution in [2.45, 2.75) is 49.9 Å². The zero-order valence-electron chi connectivity index (χ0n) is 10.4. The first-order chi connectivity index (χ1) is 8.15. The molecule has 1 aliphatic carbocycles. The van der Waals surface area contributed by atoms with Crippen LogP contribution in [0, 0.1) is 0 Å². The second-order valence-electron chi connectivity index (χ2n) is 4.82. The minimum atomic E-state index is -0.301. The van der Waals surface area contributed by atoms with Crippen LogP contribution in [0.4, 0.5) is 0 Å². The molecule has 0 aromatic rings. The van der Waals surface area contributed by atoms with Crippen LogP contribution in [-0.2, 0) is 9.59 Å². The van der Waals surface area contributed by atoms with Crippen LogP contribution in [0.3, 0.4) is 0 Å². The summed E-state index contributed by atoms with van der Waals surface area (Å²) in [7, 11) is 0. The molecule has 0 bridgehead atoms. The van der Waals surface area contributed by atoms with E-state index in [4.69, 9.17) is 0 Å². The molecule has 2 aliphatic rings. The Bertz CT molecular complexity index is 322. The van der Waals surface area contributed by atoms with Gasteiger partial charge in [0.1, 0.15) is 6.04 Å². The number of nitrogens with zero attached hydrogens (tertiary/aromatic N) is 1. The van der Waals surface area contributed by atoms with Gasteiger partial charge >= 0.3 is 0 Å². The van der Waals surface area contributed by atoms with Gasteiger partial charge in [-0.25, -0.2) is 0 Å². The highest BCUT2D eigenvalue weighted by molar-refractivity contribution is 7.99. The predicted molar refractivity (Wildman–Crippen MR) is 68.9 cm³/mol. The molecule has 17 heavy (non-hydrogen) atoms. The van der Waals surface area contributed by atoms with Crippen molar-refractivity contribution in [3.8, 4) is 0 Å². The third kappa shape index (κ3) is 2.59. The van der Waals surface area contributed by atoms with E-state index < -0.39 is 0 Å². The molecular weight excluding hydrogens is 236 g/mol. The van der Waals surface area contributed by atoms with E-state index in [1.54, 1.807) is 0 Å². The van der Waals surface area contributed by atoms with Crippen LogP contribution in [0.5, 0.6) is 0 Å². The first-order valence-electron chi connectivity index (χ1n) is 6.28. The quantitative estimate of drug-likeness (QED) is 0.820. The SMILES string of the molecule is CCC1NC(=O)CN(C2CCC(SC)C2)C1=O. The van der Waals surface area contributed by atoms with Crippen LogP contribution >= 0.6 is 11.8 Å². The van der Waals surface area contributed by atoms with E-state index in [9.17, 15) is 9.59 Å². The number of hydrogen-bond donors (Lipinski definition) is 1. The molecule has 4 nitrogen and oxygen atoms in total.